The first-order valence-electron chi connectivity index (χ1n) is 10.3. The number of amides is 1. The molecule has 1 aromatic carbocycles. The van der Waals surface area contributed by atoms with Gasteiger partial charge in [-0.2, -0.15) is 5.10 Å². The fraction of sp³-hybridized carbons (Fsp3) is 0.545. The molecule has 0 bridgehead atoms. The number of fused-ring (bicyclic) bond motifs is 2. The SMILES string of the molecule is CCCn1nc(CCC(=O)Nc2cccc3c2CCCC3)c2c1CCOC2. The summed E-state index contributed by atoms with van der Waals surface area (Å²) >= 11 is 0. The number of aromatic nitrogens is 2. The molecule has 2 heterocycles. The van der Waals surface area contributed by atoms with Gasteiger partial charge in [-0.1, -0.05) is 19.1 Å². The molecule has 4 rings (SSSR count). The maximum Gasteiger partial charge on any atom is 0.224 e. The van der Waals surface area contributed by atoms with E-state index in [1.807, 2.05) is 6.07 Å². The number of anilines is 1. The monoisotopic (exact) mass is 367 g/mol. The highest BCUT2D eigenvalue weighted by Crippen LogP contribution is 2.28. The first-order chi connectivity index (χ1) is 13.3. The van der Waals surface area contributed by atoms with Crippen LogP contribution in [-0.4, -0.2) is 22.3 Å². The van der Waals surface area contributed by atoms with E-state index in [1.165, 1.54) is 35.2 Å². The largest absolute Gasteiger partial charge is 0.376 e. The fourth-order valence-corrected chi connectivity index (χ4v) is 4.32. The second-order valence-corrected chi connectivity index (χ2v) is 7.60. The van der Waals surface area contributed by atoms with Crippen LogP contribution in [0.1, 0.15) is 60.7 Å². The van der Waals surface area contributed by atoms with Gasteiger partial charge in [0.1, 0.15) is 0 Å². The lowest BCUT2D eigenvalue weighted by atomic mass is 9.90. The summed E-state index contributed by atoms with van der Waals surface area (Å²) < 4.78 is 7.76. The number of nitrogens with one attached hydrogen (secondary N) is 1. The first-order valence-corrected chi connectivity index (χ1v) is 10.3. The zero-order valence-corrected chi connectivity index (χ0v) is 16.2. The summed E-state index contributed by atoms with van der Waals surface area (Å²) in [6.07, 6.45) is 7.76. The Morgan fingerprint density at radius 3 is 3.00 bits per heavy atom. The molecule has 1 amide bonds. The summed E-state index contributed by atoms with van der Waals surface area (Å²) in [6, 6.07) is 6.28. The van der Waals surface area contributed by atoms with Gasteiger partial charge in [-0.15, -0.1) is 0 Å². The average molecular weight is 367 g/mol. The number of hydrogen-bond acceptors (Lipinski definition) is 3. The minimum atomic E-state index is 0.0736. The molecule has 1 N–H and O–H groups in total. The summed E-state index contributed by atoms with van der Waals surface area (Å²) in [5.41, 5.74) is 7.26. The van der Waals surface area contributed by atoms with E-state index in [9.17, 15) is 4.79 Å². The molecule has 1 aliphatic heterocycles. The van der Waals surface area contributed by atoms with Gasteiger partial charge in [-0.05, 0) is 49.3 Å². The Hall–Kier alpha value is -2.14. The average Bonchev–Trinajstić information content (AvgIpc) is 3.05. The number of benzene rings is 1. The minimum Gasteiger partial charge on any atom is -0.376 e. The smallest absolute Gasteiger partial charge is 0.224 e. The fourth-order valence-electron chi connectivity index (χ4n) is 4.32. The molecule has 1 aliphatic carbocycles. The Labute approximate surface area is 161 Å². The number of carbonyl (C=O) groups excluding carboxylic acids is 1. The van der Waals surface area contributed by atoms with Gasteiger partial charge in [0.2, 0.25) is 5.91 Å². The van der Waals surface area contributed by atoms with E-state index in [0.717, 1.165) is 50.2 Å². The van der Waals surface area contributed by atoms with E-state index in [-0.39, 0.29) is 5.91 Å². The molecule has 5 heteroatoms. The molecule has 144 valence electrons. The second kappa shape index (κ2) is 8.26. The zero-order chi connectivity index (χ0) is 18.6. The lowest BCUT2D eigenvalue weighted by molar-refractivity contribution is -0.116. The highest BCUT2D eigenvalue weighted by atomic mass is 16.5. The molecule has 2 aliphatic rings. The van der Waals surface area contributed by atoms with Gasteiger partial charge in [0.05, 0.1) is 18.9 Å². The van der Waals surface area contributed by atoms with Crippen molar-refractivity contribution < 1.29 is 9.53 Å². The van der Waals surface area contributed by atoms with Crippen LogP contribution in [0.25, 0.3) is 0 Å². The van der Waals surface area contributed by atoms with Crippen molar-refractivity contribution in [3.05, 3.63) is 46.3 Å². The second-order valence-electron chi connectivity index (χ2n) is 7.60. The molecule has 5 nitrogen and oxygen atoms in total. The Morgan fingerprint density at radius 1 is 1.22 bits per heavy atom. The molecule has 0 fully saturated rings. The van der Waals surface area contributed by atoms with E-state index in [4.69, 9.17) is 9.84 Å². The Bertz CT molecular complexity index is 825. The number of rotatable bonds is 6. The van der Waals surface area contributed by atoms with Gasteiger partial charge in [-0.25, -0.2) is 0 Å². The van der Waals surface area contributed by atoms with Gasteiger partial charge in [0.25, 0.3) is 0 Å². The van der Waals surface area contributed by atoms with Crippen molar-refractivity contribution >= 4 is 11.6 Å². The van der Waals surface area contributed by atoms with Crippen LogP contribution in [0.2, 0.25) is 0 Å². The molecule has 0 atom stereocenters. The third kappa shape index (κ3) is 3.93. The van der Waals surface area contributed by atoms with Crippen LogP contribution in [-0.2, 0) is 48.4 Å². The van der Waals surface area contributed by atoms with Crippen molar-refractivity contribution in [1.82, 2.24) is 9.78 Å². The molecule has 0 unspecified atom stereocenters. The van der Waals surface area contributed by atoms with Crippen molar-refractivity contribution in [1.29, 1.82) is 0 Å². The predicted molar refractivity (Wildman–Crippen MR) is 106 cm³/mol. The van der Waals surface area contributed by atoms with Gasteiger partial charge >= 0.3 is 0 Å². The third-order valence-corrected chi connectivity index (χ3v) is 5.67. The number of carbonyl (C=O) groups is 1. The van der Waals surface area contributed by atoms with E-state index in [1.54, 1.807) is 0 Å². The van der Waals surface area contributed by atoms with Gasteiger partial charge < -0.3 is 10.1 Å². The Balaban J connectivity index is 1.43. The molecular formula is C22H29N3O2. The lowest BCUT2D eigenvalue weighted by Crippen LogP contribution is -2.16. The normalized spacial score (nSPS) is 15.9. The predicted octanol–water partition coefficient (Wildman–Crippen LogP) is 3.82. The third-order valence-electron chi connectivity index (χ3n) is 5.67. The quantitative estimate of drug-likeness (QED) is 0.844. The van der Waals surface area contributed by atoms with Crippen LogP contribution in [0, 0.1) is 0 Å². The summed E-state index contributed by atoms with van der Waals surface area (Å²) in [6.45, 7) is 4.50. The maximum absolute atomic E-state index is 12.6. The topological polar surface area (TPSA) is 56.2 Å². The standard InChI is InChI=1S/C22H29N3O2/c1-2-13-25-21-12-14-27-15-18(21)20(24-25)10-11-22(26)23-19-9-5-7-16-6-3-4-8-17(16)19/h5,7,9H,2-4,6,8,10-15H2,1H3,(H,23,26). The molecule has 2 aromatic rings. The highest BCUT2D eigenvalue weighted by molar-refractivity contribution is 5.91. The molecule has 1 aromatic heterocycles. The van der Waals surface area contributed by atoms with Crippen LogP contribution in [0.15, 0.2) is 18.2 Å². The highest BCUT2D eigenvalue weighted by Gasteiger charge is 2.21. The molecule has 0 saturated carbocycles. The van der Waals surface area contributed by atoms with Crippen LogP contribution >= 0.6 is 0 Å². The van der Waals surface area contributed by atoms with Crippen LogP contribution < -0.4 is 5.32 Å². The Morgan fingerprint density at radius 2 is 2.11 bits per heavy atom. The lowest BCUT2D eigenvalue weighted by Gasteiger charge is -2.19. The number of ether oxygens (including phenoxy) is 1. The molecule has 0 spiro atoms. The molecule has 0 saturated heterocycles. The summed E-state index contributed by atoms with van der Waals surface area (Å²) in [7, 11) is 0. The van der Waals surface area contributed by atoms with Crippen LogP contribution in [0.3, 0.4) is 0 Å². The molecular weight excluding hydrogens is 338 g/mol. The number of aryl methyl sites for hydroxylation is 3. The number of nitrogens with zero attached hydrogens (tertiary/aromatic N) is 2. The van der Waals surface area contributed by atoms with Crippen molar-refractivity contribution in [2.75, 3.05) is 11.9 Å². The van der Waals surface area contributed by atoms with E-state index in [0.29, 0.717) is 19.4 Å². The van der Waals surface area contributed by atoms with Gasteiger partial charge in [0, 0.05) is 42.8 Å². The van der Waals surface area contributed by atoms with E-state index >= 15 is 0 Å². The summed E-state index contributed by atoms with van der Waals surface area (Å²) in [5.74, 6) is 0.0736. The van der Waals surface area contributed by atoms with Gasteiger partial charge in [-0.3, -0.25) is 9.48 Å². The summed E-state index contributed by atoms with van der Waals surface area (Å²) in [4.78, 5) is 12.6. The maximum atomic E-state index is 12.6. The van der Waals surface area contributed by atoms with Crippen molar-refractivity contribution in [2.45, 2.75) is 71.4 Å². The van der Waals surface area contributed by atoms with Crippen LogP contribution in [0.4, 0.5) is 5.69 Å². The van der Waals surface area contributed by atoms with Crippen molar-refractivity contribution in [2.24, 2.45) is 0 Å². The van der Waals surface area contributed by atoms with Gasteiger partial charge in [0.15, 0.2) is 0 Å². The van der Waals surface area contributed by atoms with Crippen molar-refractivity contribution in [3.63, 3.8) is 0 Å². The summed E-state index contributed by atoms with van der Waals surface area (Å²) in [5, 5.41) is 7.94. The van der Waals surface area contributed by atoms with Crippen molar-refractivity contribution in [3.8, 4) is 0 Å². The minimum absolute atomic E-state index is 0.0736. The zero-order valence-electron chi connectivity index (χ0n) is 16.2. The Kier molecular flexibility index (Phi) is 5.58. The molecule has 27 heavy (non-hydrogen) atoms. The van der Waals surface area contributed by atoms with E-state index in [2.05, 4.69) is 29.1 Å². The first kappa shape index (κ1) is 18.2. The number of hydrogen-bond donors (Lipinski definition) is 1. The van der Waals surface area contributed by atoms with E-state index < -0.39 is 0 Å². The van der Waals surface area contributed by atoms with Crippen LogP contribution in [0.5, 0.6) is 0 Å². The molecule has 0 radical (unpaired) electrons.